The number of halogens is 7. The van der Waals surface area contributed by atoms with Crippen LogP contribution in [0.1, 0.15) is 10.4 Å². The third-order valence-corrected chi connectivity index (χ3v) is 4.12. The van der Waals surface area contributed by atoms with Crippen molar-refractivity contribution in [3.8, 4) is 23.0 Å². The van der Waals surface area contributed by atoms with E-state index in [1.54, 1.807) is 0 Å². The third kappa shape index (κ3) is 7.07. The summed E-state index contributed by atoms with van der Waals surface area (Å²) >= 11 is 5.83. The second kappa shape index (κ2) is 9.55. The molecule has 1 N–H and O–H groups in total. The number of hydrogen-bond donors (Lipinski definition) is 1. The number of hydrogen-bond acceptors (Lipinski definition) is 5. The zero-order valence-electron chi connectivity index (χ0n) is 16.4. The van der Waals surface area contributed by atoms with Gasteiger partial charge in [0.25, 0.3) is 5.91 Å². The zero-order valence-corrected chi connectivity index (χ0v) is 17.2. The minimum Gasteiger partial charge on any atom is -0.619 e. The number of aromatic nitrogens is 1. The van der Waals surface area contributed by atoms with Crippen molar-refractivity contribution in [3.05, 3.63) is 76.7 Å². The number of nitrogens with zero attached hydrogens (tertiary/aromatic N) is 1. The third-order valence-electron chi connectivity index (χ3n) is 3.82. The molecule has 1 amide bonds. The molecule has 1 heterocycles. The molecule has 14 heteroatoms. The lowest BCUT2D eigenvalue weighted by Crippen LogP contribution is -2.25. The van der Waals surface area contributed by atoms with Gasteiger partial charge < -0.3 is 24.7 Å². The van der Waals surface area contributed by atoms with E-state index in [9.17, 15) is 36.3 Å². The van der Waals surface area contributed by atoms with Gasteiger partial charge in [0.05, 0.1) is 10.6 Å². The topological polar surface area (TPSA) is 83.7 Å². The molecule has 3 aromatic rings. The van der Waals surface area contributed by atoms with Crippen molar-refractivity contribution < 1.29 is 50.1 Å². The summed E-state index contributed by atoms with van der Waals surface area (Å²) in [5.41, 5.74) is -0.315. The number of ether oxygens (including phenoxy) is 3. The largest absolute Gasteiger partial charge is 0.619 e. The summed E-state index contributed by atoms with van der Waals surface area (Å²) < 4.78 is 88.4. The van der Waals surface area contributed by atoms with Crippen LogP contribution in [0.5, 0.6) is 23.0 Å². The normalized spacial score (nSPS) is 11.6. The Hall–Kier alpha value is -3.87. The van der Waals surface area contributed by atoms with Gasteiger partial charge in [-0.25, -0.2) is 0 Å². The molecule has 0 radical (unpaired) electrons. The van der Waals surface area contributed by atoms with Crippen molar-refractivity contribution in [2.45, 2.75) is 12.7 Å². The van der Waals surface area contributed by atoms with E-state index in [-0.39, 0.29) is 17.0 Å². The highest BCUT2D eigenvalue weighted by atomic mass is 35.5. The summed E-state index contributed by atoms with van der Waals surface area (Å²) in [6.07, 6.45) is -7.89. The lowest BCUT2D eigenvalue weighted by molar-refractivity contribution is -0.604. The smallest absolute Gasteiger partial charge is 0.573 e. The van der Waals surface area contributed by atoms with Crippen molar-refractivity contribution in [3.63, 3.8) is 0 Å². The number of alkyl halides is 6. The molecule has 0 saturated heterocycles. The lowest BCUT2D eigenvalue weighted by atomic mass is 10.1. The number of pyridine rings is 1. The van der Waals surface area contributed by atoms with E-state index in [0.29, 0.717) is 10.8 Å². The first kappa shape index (κ1) is 24.8. The summed E-state index contributed by atoms with van der Waals surface area (Å²) in [6, 6.07) is 8.06. The van der Waals surface area contributed by atoms with Gasteiger partial charge in [0.1, 0.15) is 22.9 Å². The summed E-state index contributed by atoms with van der Waals surface area (Å²) in [7, 11) is 0. The predicted octanol–water partition coefficient (Wildman–Crippen LogP) is 5.82. The molecule has 0 aliphatic carbocycles. The fourth-order valence-electron chi connectivity index (χ4n) is 2.56. The Labute approximate surface area is 191 Å². The molecule has 0 fully saturated rings. The van der Waals surface area contributed by atoms with Crippen LogP contribution in [0.4, 0.5) is 32.0 Å². The van der Waals surface area contributed by atoms with E-state index in [4.69, 9.17) is 16.3 Å². The number of anilines is 1. The number of carbonyl (C=O) groups is 1. The van der Waals surface area contributed by atoms with Crippen molar-refractivity contribution >= 4 is 23.2 Å². The molecule has 1 aromatic heterocycles. The monoisotopic (exact) mass is 508 g/mol. The molecule has 0 aliphatic heterocycles. The fraction of sp³-hybridized carbons (Fsp3) is 0.100. The molecule has 2 aromatic carbocycles. The van der Waals surface area contributed by atoms with Gasteiger partial charge in [-0.3, -0.25) is 4.79 Å². The molecule has 0 bridgehead atoms. The standard InChI is InChI=1S/C20H11ClF6N2O5/c21-15-8-14(18(30)28-11-2-1-7-29(31)10-11)16(9-17(15)34-20(25,26)27)32-12-3-5-13(6-4-12)33-19(22,23)24/h1-10H,(H,28,30). The van der Waals surface area contributed by atoms with Gasteiger partial charge in [-0.1, -0.05) is 11.6 Å². The maximum atomic E-state index is 12.7. The first-order valence-electron chi connectivity index (χ1n) is 8.92. The Balaban J connectivity index is 1.95. The second-order valence-electron chi connectivity index (χ2n) is 6.35. The van der Waals surface area contributed by atoms with E-state index in [0.717, 1.165) is 42.7 Å². The maximum absolute atomic E-state index is 12.7. The Kier molecular flexibility index (Phi) is 6.96. The van der Waals surface area contributed by atoms with Crippen LogP contribution < -0.4 is 24.3 Å². The lowest BCUT2D eigenvalue weighted by Gasteiger charge is -2.16. The van der Waals surface area contributed by atoms with Crippen molar-refractivity contribution in [2.24, 2.45) is 0 Å². The first-order valence-corrected chi connectivity index (χ1v) is 9.30. The average molecular weight is 509 g/mol. The first-order chi connectivity index (χ1) is 15.8. The van der Waals surface area contributed by atoms with Gasteiger partial charge in [-0.05, 0) is 36.4 Å². The van der Waals surface area contributed by atoms with Crippen molar-refractivity contribution in [2.75, 3.05) is 5.32 Å². The molecule has 180 valence electrons. The summed E-state index contributed by atoms with van der Waals surface area (Å²) in [5.74, 6) is -3.02. The van der Waals surface area contributed by atoms with E-state index in [1.807, 2.05) is 0 Å². The van der Waals surface area contributed by atoms with E-state index in [2.05, 4.69) is 14.8 Å². The van der Waals surface area contributed by atoms with E-state index >= 15 is 0 Å². The number of nitrogens with one attached hydrogen (secondary N) is 1. The predicted molar refractivity (Wildman–Crippen MR) is 105 cm³/mol. The fourth-order valence-corrected chi connectivity index (χ4v) is 2.77. The molecule has 0 atom stereocenters. The van der Waals surface area contributed by atoms with Crippen LogP contribution >= 0.6 is 11.6 Å². The molecule has 0 aliphatic rings. The van der Waals surface area contributed by atoms with Gasteiger partial charge in [0.2, 0.25) is 6.20 Å². The van der Waals surface area contributed by atoms with Crippen LogP contribution in [0, 0.1) is 5.21 Å². The van der Waals surface area contributed by atoms with Crippen LogP contribution in [0.15, 0.2) is 60.9 Å². The van der Waals surface area contributed by atoms with E-state index < -0.39 is 40.9 Å². The molecular weight excluding hydrogens is 498 g/mol. The van der Waals surface area contributed by atoms with Crippen LogP contribution in [-0.4, -0.2) is 18.6 Å². The number of carbonyl (C=O) groups excluding carboxylic acids is 1. The molecule has 7 nitrogen and oxygen atoms in total. The Morgan fingerprint density at radius 1 is 0.912 bits per heavy atom. The minimum atomic E-state index is -5.12. The van der Waals surface area contributed by atoms with Crippen LogP contribution in [-0.2, 0) is 0 Å². The SMILES string of the molecule is O=C(Nc1ccc[n+]([O-])c1)c1cc(Cl)c(OC(F)(F)F)cc1Oc1ccc(OC(F)(F)F)cc1. The molecule has 0 saturated carbocycles. The van der Waals surface area contributed by atoms with Crippen molar-refractivity contribution in [1.29, 1.82) is 0 Å². The highest BCUT2D eigenvalue weighted by molar-refractivity contribution is 6.32. The highest BCUT2D eigenvalue weighted by Crippen LogP contribution is 2.38. The Morgan fingerprint density at radius 3 is 2.12 bits per heavy atom. The average Bonchev–Trinajstić information content (AvgIpc) is 2.69. The molecule has 3 rings (SSSR count). The highest BCUT2D eigenvalue weighted by Gasteiger charge is 2.33. The second-order valence-corrected chi connectivity index (χ2v) is 6.76. The number of amides is 1. The minimum absolute atomic E-state index is 0.0499. The molecule has 34 heavy (non-hydrogen) atoms. The molecule has 0 spiro atoms. The van der Waals surface area contributed by atoms with Gasteiger partial charge in [-0.2, -0.15) is 4.73 Å². The van der Waals surface area contributed by atoms with Gasteiger partial charge >= 0.3 is 12.7 Å². The van der Waals surface area contributed by atoms with Crippen LogP contribution in [0.2, 0.25) is 5.02 Å². The van der Waals surface area contributed by atoms with Crippen molar-refractivity contribution in [1.82, 2.24) is 0 Å². The zero-order chi connectivity index (χ0) is 25.1. The maximum Gasteiger partial charge on any atom is 0.573 e. The van der Waals surface area contributed by atoms with E-state index in [1.165, 1.54) is 12.1 Å². The summed E-state index contributed by atoms with van der Waals surface area (Å²) in [4.78, 5) is 12.7. The van der Waals surface area contributed by atoms with Gasteiger partial charge in [-0.15, -0.1) is 26.3 Å². The summed E-state index contributed by atoms with van der Waals surface area (Å²) in [6.45, 7) is 0. The number of rotatable bonds is 6. The Bertz CT molecular complexity index is 1190. The van der Waals surface area contributed by atoms with Crippen LogP contribution in [0.25, 0.3) is 0 Å². The molecule has 0 unspecified atom stereocenters. The van der Waals surface area contributed by atoms with Gasteiger partial charge in [0, 0.05) is 12.1 Å². The summed E-state index contributed by atoms with van der Waals surface area (Å²) in [5, 5.41) is 13.1. The van der Waals surface area contributed by atoms with Crippen LogP contribution in [0.3, 0.4) is 0 Å². The Morgan fingerprint density at radius 2 is 1.53 bits per heavy atom. The molecular formula is C20H11ClF6N2O5. The quantitative estimate of drug-likeness (QED) is 0.258. The van der Waals surface area contributed by atoms with Gasteiger partial charge in [0.15, 0.2) is 11.9 Å². The number of benzene rings is 2.